The van der Waals surface area contributed by atoms with Crippen molar-refractivity contribution in [3.63, 3.8) is 0 Å². The maximum Gasteiger partial charge on any atom is 0.0138 e. The summed E-state index contributed by atoms with van der Waals surface area (Å²) in [5.41, 5.74) is 0. The lowest BCUT2D eigenvalue weighted by Crippen LogP contribution is -1.62. The van der Waals surface area contributed by atoms with E-state index in [1.807, 2.05) is 6.20 Å². The highest BCUT2D eigenvalue weighted by molar-refractivity contribution is 7.26. The maximum absolute atomic E-state index is 3.08. The molecule has 2 heteroatoms. The first-order valence-corrected chi connectivity index (χ1v) is 3.31. The molecule has 0 aromatic carbocycles. The van der Waals surface area contributed by atoms with Crippen molar-refractivity contribution in [1.29, 1.82) is 0 Å². The van der Waals surface area contributed by atoms with Crippen LogP contribution in [0.25, 0.3) is 0 Å². The Hall–Kier alpha value is -0.290. The molecule has 0 saturated heterocycles. The van der Waals surface area contributed by atoms with Gasteiger partial charge in [-0.3, -0.25) is 0 Å². The van der Waals surface area contributed by atoms with Crippen LogP contribution in [0.4, 0.5) is 0 Å². The number of H-pyrrole nitrogens is 1. The van der Waals surface area contributed by atoms with Gasteiger partial charge in [0, 0.05) is 14.5 Å². The molecule has 0 aliphatic heterocycles. The number of aromatic amines is 1. The van der Waals surface area contributed by atoms with Gasteiger partial charge in [-0.1, -0.05) is 6.92 Å². The minimum absolute atomic E-state index is 1.17. The number of aryl methyl sites for hydroxylation is 1. The van der Waals surface area contributed by atoms with E-state index in [-0.39, 0.29) is 0 Å². The molecule has 0 aliphatic carbocycles. The molecule has 38 valence electrons. The molecular weight excluding hydrogens is 105 g/mol. The molecule has 0 amide bonds. The van der Waals surface area contributed by atoms with Crippen LogP contribution < -0.4 is 0 Å². The Balaban J connectivity index is 2.76. The standard InChI is InChI=1S/C5H8NP/c1-2-5-3-4-6-7-5/h3-4,6H,2H2,1H3. The first-order valence-electron chi connectivity index (χ1n) is 2.42. The zero-order valence-corrected chi connectivity index (χ0v) is 5.20. The van der Waals surface area contributed by atoms with Crippen LogP contribution in [-0.2, 0) is 6.42 Å². The molecule has 0 saturated carbocycles. The van der Waals surface area contributed by atoms with Crippen molar-refractivity contribution in [2.45, 2.75) is 13.3 Å². The van der Waals surface area contributed by atoms with Crippen LogP contribution in [0.15, 0.2) is 12.3 Å². The lowest BCUT2D eigenvalue weighted by atomic mass is 10.4. The Labute approximate surface area is 44.9 Å². The highest BCUT2D eigenvalue weighted by Gasteiger charge is 1.82. The largest absolute Gasteiger partial charge is 0.344 e. The van der Waals surface area contributed by atoms with E-state index >= 15 is 0 Å². The van der Waals surface area contributed by atoms with Crippen molar-refractivity contribution in [3.8, 4) is 0 Å². The Morgan fingerprint density at radius 1 is 1.86 bits per heavy atom. The molecule has 7 heavy (non-hydrogen) atoms. The van der Waals surface area contributed by atoms with Gasteiger partial charge in [-0.05, 0) is 17.8 Å². The van der Waals surface area contributed by atoms with Gasteiger partial charge in [-0.15, -0.1) is 0 Å². The smallest absolute Gasteiger partial charge is 0.0138 e. The highest BCUT2D eigenvalue weighted by Crippen LogP contribution is 2.09. The topological polar surface area (TPSA) is 15.8 Å². The summed E-state index contributed by atoms with van der Waals surface area (Å²) in [6.07, 6.45) is 3.16. The fourth-order valence-electron chi connectivity index (χ4n) is 0.488. The van der Waals surface area contributed by atoms with Gasteiger partial charge in [-0.25, -0.2) is 0 Å². The van der Waals surface area contributed by atoms with Crippen LogP contribution in [0.1, 0.15) is 12.2 Å². The van der Waals surface area contributed by atoms with Crippen LogP contribution >= 0.6 is 8.35 Å². The Kier molecular flexibility index (Phi) is 1.48. The highest BCUT2D eigenvalue weighted by atomic mass is 31.0. The zero-order chi connectivity index (χ0) is 5.11. The van der Waals surface area contributed by atoms with E-state index in [4.69, 9.17) is 0 Å². The van der Waals surface area contributed by atoms with Crippen molar-refractivity contribution in [1.82, 2.24) is 4.75 Å². The van der Waals surface area contributed by atoms with Gasteiger partial charge in [0.25, 0.3) is 0 Å². The predicted molar refractivity (Wildman–Crippen MR) is 32.7 cm³/mol. The summed E-state index contributed by atoms with van der Waals surface area (Å²) in [6.45, 7) is 2.17. The van der Waals surface area contributed by atoms with Crippen molar-refractivity contribution in [3.05, 3.63) is 17.6 Å². The van der Waals surface area contributed by atoms with Gasteiger partial charge in [-0.2, -0.15) is 0 Å². The number of hydrogen-bond acceptors (Lipinski definition) is 0. The Morgan fingerprint density at radius 3 is 3.00 bits per heavy atom. The summed E-state index contributed by atoms with van der Waals surface area (Å²) < 4.78 is 3.08. The molecule has 0 spiro atoms. The van der Waals surface area contributed by atoms with Crippen molar-refractivity contribution in [2.24, 2.45) is 0 Å². The average molecular weight is 113 g/mol. The molecule has 1 nitrogen and oxygen atoms in total. The van der Waals surface area contributed by atoms with Gasteiger partial charge in [0.1, 0.15) is 0 Å². The summed E-state index contributed by atoms with van der Waals surface area (Å²) in [7, 11) is 1.28. The van der Waals surface area contributed by atoms with Crippen molar-refractivity contribution < 1.29 is 0 Å². The third-order valence-corrected chi connectivity index (χ3v) is 1.95. The molecule has 0 aliphatic rings. The van der Waals surface area contributed by atoms with Crippen LogP contribution in [-0.4, -0.2) is 4.75 Å². The van der Waals surface area contributed by atoms with E-state index in [1.54, 1.807) is 0 Å². The maximum atomic E-state index is 3.08. The van der Waals surface area contributed by atoms with E-state index in [0.29, 0.717) is 0 Å². The van der Waals surface area contributed by atoms with E-state index < -0.39 is 0 Å². The van der Waals surface area contributed by atoms with E-state index in [2.05, 4.69) is 17.7 Å². The third-order valence-electron chi connectivity index (χ3n) is 0.921. The van der Waals surface area contributed by atoms with Gasteiger partial charge < -0.3 is 4.75 Å². The fraction of sp³-hybridized carbons (Fsp3) is 0.400. The van der Waals surface area contributed by atoms with Gasteiger partial charge >= 0.3 is 0 Å². The molecule has 0 atom stereocenters. The number of aromatic nitrogens is 1. The predicted octanol–water partition coefficient (Wildman–Crippen LogP) is 2.16. The molecule has 1 N–H and O–H groups in total. The molecule has 1 heterocycles. The molecule has 1 aromatic heterocycles. The van der Waals surface area contributed by atoms with Gasteiger partial charge in [0.05, 0.1) is 0 Å². The minimum Gasteiger partial charge on any atom is -0.344 e. The van der Waals surface area contributed by atoms with E-state index in [0.717, 1.165) is 0 Å². The first kappa shape index (κ1) is 4.86. The summed E-state index contributed by atoms with van der Waals surface area (Å²) >= 11 is 0. The van der Waals surface area contributed by atoms with E-state index in [9.17, 15) is 0 Å². The molecule has 1 rings (SSSR count). The second-order valence-electron chi connectivity index (χ2n) is 1.42. The molecule has 0 unspecified atom stereocenters. The van der Waals surface area contributed by atoms with Crippen molar-refractivity contribution in [2.75, 3.05) is 0 Å². The SMILES string of the molecule is CCc1cc[nH]p1. The molecule has 0 fully saturated rings. The summed E-state index contributed by atoms with van der Waals surface area (Å²) in [5.74, 6) is 0. The number of nitrogens with one attached hydrogen (secondary N) is 1. The molecule has 0 radical (unpaired) electrons. The van der Waals surface area contributed by atoms with Crippen molar-refractivity contribution >= 4 is 8.35 Å². The summed E-state index contributed by atoms with van der Waals surface area (Å²) in [5, 5.41) is 1.47. The van der Waals surface area contributed by atoms with Crippen LogP contribution in [0.3, 0.4) is 0 Å². The molecular formula is C5H8NP. The van der Waals surface area contributed by atoms with Crippen LogP contribution in [0, 0.1) is 0 Å². The Morgan fingerprint density at radius 2 is 2.71 bits per heavy atom. The lowest BCUT2D eigenvalue weighted by Gasteiger charge is -1.77. The quantitative estimate of drug-likeness (QED) is 0.574. The third kappa shape index (κ3) is 1.04. The molecule has 0 bridgehead atoms. The first-order chi connectivity index (χ1) is 3.43. The molecule has 1 aromatic rings. The normalized spacial score (nSPS) is 10.4. The van der Waals surface area contributed by atoms with Gasteiger partial charge in [0.15, 0.2) is 0 Å². The second kappa shape index (κ2) is 2.13. The van der Waals surface area contributed by atoms with E-state index in [1.165, 1.54) is 20.1 Å². The van der Waals surface area contributed by atoms with Gasteiger partial charge in [0.2, 0.25) is 0 Å². The van der Waals surface area contributed by atoms with Crippen LogP contribution in [0.2, 0.25) is 0 Å². The van der Waals surface area contributed by atoms with Crippen LogP contribution in [0.5, 0.6) is 0 Å². The average Bonchev–Trinajstić information content (AvgIpc) is 2.14. The monoisotopic (exact) mass is 113 g/mol. The zero-order valence-electron chi connectivity index (χ0n) is 4.31. The summed E-state index contributed by atoms with van der Waals surface area (Å²) in [6, 6.07) is 2.13. The lowest BCUT2D eigenvalue weighted by molar-refractivity contribution is 1.19. The second-order valence-corrected chi connectivity index (χ2v) is 2.48. The summed E-state index contributed by atoms with van der Waals surface area (Å²) in [4.78, 5) is 0. The number of rotatable bonds is 1. The Bertz CT molecular complexity index is 123. The fourth-order valence-corrected chi connectivity index (χ4v) is 1.11. The minimum atomic E-state index is 1.17. The number of hydrogen-bond donors (Lipinski definition) is 1.